The van der Waals surface area contributed by atoms with Crippen molar-refractivity contribution in [2.24, 2.45) is 5.73 Å². The topological polar surface area (TPSA) is 98.9 Å². The fraction of sp³-hybridized carbons (Fsp3) is 0.500. The number of carbonyl (C=O) groups excluding carboxylic acids is 1. The SMILES string of the molecule is C1CC2CC1O2.COc1ccccc1C(=O)C(N)(CF)C(=O)O. The van der Waals surface area contributed by atoms with Crippen LogP contribution < -0.4 is 10.5 Å². The van der Waals surface area contributed by atoms with Gasteiger partial charge >= 0.3 is 5.97 Å². The van der Waals surface area contributed by atoms with E-state index >= 15 is 0 Å². The number of hydrogen-bond donors (Lipinski definition) is 2. The van der Waals surface area contributed by atoms with Crippen LogP contribution in [0.15, 0.2) is 24.3 Å². The van der Waals surface area contributed by atoms with Crippen LogP contribution in [0.25, 0.3) is 0 Å². The molecule has 3 atom stereocenters. The first-order chi connectivity index (χ1) is 10.9. The molecular weight excluding hydrogens is 305 g/mol. The minimum Gasteiger partial charge on any atom is -0.496 e. The zero-order chi connectivity index (χ0) is 17.0. The summed E-state index contributed by atoms with van der Waals surface area (Å²) in [5.74, 6) is -2.58. The highest BCUT2D eigenvalue weighted by atomic mass is 19.1. The standard InChI is InChI=1S/C11H12FNO4.C5H8O/c1-17-8-5-3-2-4-7(8)9(14)11(13,6-12)10(15)16;1-2-5-3-4(1)6-5/h2-5H,6,13H2,1H3,(H,15,16);4-5H,1-3H2. The van der Waals surface area contributed by atoms with Gasteiger partial charge in [0.2, 0.25) is 11.3 Å². The Kier molecular flexibility index (Phi) is 5.33. The Bertz CT molecular complexity index is 574. The van der Waals surface area contributed by atoms with Gasteiger partial charge in [0, 0.05) is 0 Å². The van der Waals surface area contributed by atoms with Gasteiger partial charge in [0.25, 0.3) is 0 Å². The summed E-state index contributed by atoms with van der Waals surface area (Å²) < 4.78 is 22.8. The van der Waals surface area contributed by atoms with Gasteiger partial charge in [-0.2, -0.15) is 0 Å². The number of carboxylic acids is 1. The lowest BCUT2D eigenvalue weighted by atomic mass is 9.91. The molecule has 1 aromatic carbocycles. The maximum absolute atomic E-state index is 12.7. The van der Waals surface area contributed by atoms with Crippen molar-refractivity contribution in [1.29, 1.82) is 0 Å². The summed E-state index contributed by atoms with van der Waals surface area (Å²) in [7, 11) is 1.32. The van der Waals surface area contributed by atoms with Crippen molar-refractivity contribution in [1.82, 2.24) is 0 Å². The Labute approximate surface area is 133 Å². The molecule has 0 amide bonds. The molecule has 2 aliphatic heterocycles. The lowest BCUT2D eigenvalue weighted by Crippen LogP contribution is -2.57. The number of carbonyl (C=O) groups is 2. The summed E-state index contributed by atoms with van der Waals surface area (Å²) >= 11 is 0. The molecule has 3 unspecified atom stereocenters. The molecule has 126 valence electrons. The Morgan fingerprint density at radius 1 is 1.39 bits per heavy atom. The smallest absolute Gasteiger partial charge is 0.334 e. The van der Waals surface area contributed by atoms with Crippen LogP contribution in [0.2, 0.25) is 0 Å². The number of nitrogens with two attached hydrogens (primary N) is 1. The molecule has 1 aliphatic carbocycles. The van der Waals surface area contributed by atoms with E-state index in [2.05, 4.69) is 0 Å². The molecule has 1 saturated carbocycles. The molecule has 6 nitrogen and oxygen atoms in total. The van der Waals surface area contributed by atoms with Crippen molar-refractivity contribution in [2.45, 2.75) is 37.0 Å². The third kappa shape index (κ3) is 3.51. The Hall–Kier alpha value is -1.99. The number of fused-ring (bicyclic) bond motifs is 1. The molecule has 2 bridgehead atoms. The van der Waals surface area contributed by atoms with Crippen LogP contribution in [0.3, 0.4) is 0 Å². The number of benzene rings is 1. The fourth-order valence-electron chi connectivity index (χ4n) is 2.59. The Morgan fingerprint density at radius 2 is 1.96 bits per heavy atom. The number of halogens is 1. The van der Waals surface area contributed by atoms with Gasteiger partial charge < -0.3 is 20.3 Å². The number of alkyl halides is 1. The molecular formula is C16H20FNO5. The van der Waals surface area contributed by atoms with Crippen LogP contribution in [0.1, 0.15) is 29.6 Å². The largest absolute Gasteiger partial charge is 0.496 e. The zero-order valence-electron chi connectivity index (χ0n) is 12.8. The van der Waals surface area contributed by atoms with E-state index in [0.29, 0.717) is 12.2 Å². The van der Waals surface area contributed by atoms with Crippen molar-refractivity contribution in [3.05, 3.63) is 29.8 Å². The number of rotatable bonds is 5. The second-order valence-corrected chi connectivity index (χ2v) is 5.63. The quantitative estimate of drug-likeness (QED) is 0.630. The summed E-state index contributed by atoms with van der Waals surface area (Å²) in [6, 6.07) is 5.91. The van der Waals surface area contributed by atoms with E-state index in [9.17, 15) is 14.0 Å². The second-order valence-electron chi connectivity index (χ2n) is 5.63. The Balaban J connectivity index is 0.000000260. The van der Waals surface area contributed by atoms with Crippen molar-refractivity contribution >= 4 is 11.8 Å². The van der Waals surface area contributed by atoms with Crippen LogP contribution >= 0.6 is 0 Å². The van der Waals surface area contributed by atoms with E-state index in [0.717, 1.165) is 0 Å². The number of para-hydroxylation sites is 1. The molecule has 0 aromatic heterocycles. The molecule has 1 aromatic rings. The van der Waals surface area contributed by atoms with Crippen LogP contribution in [-0.2, 0) is 9.53 Å². The number of hydrogen-bond acceptors (Lipinski definition) is 5. The van der Waals surface area contributed by atoms with Gasteiger partial charge in [-0.15, -0.1) is 0 Å². The average molecular weight is 325 g/mol. The molecule has 7 heteroatoms. The van der Waals surface area contributed by atoms with Crippen molar-refractivity contribution in [3.8, 4) is 5.75 Å². The Morgan fingerprint density at radius 3 is 2.35 bits per heavy atom. The minimum absolute atomic E-state index is 0.0578. The molecule has 0 radical (unpaired) electrons. The van der Waals surface area contributed by atoms with E-state index < -0.39 is 24.0 Å². The van der Waals surface area contributed by atoms with Gasteiger partial charge in [0.15, 0.2) is 0 Å². The van der Waals surface area contributed by atoms with E-state index in [1.807, 2.05) is 0 Å². The molecule has 2 saturated heterocycles. The number of carboxylic acid groups (broad SMARTS) is 1. The molecule has 2 heterocycles. The molecule has 3 N–H and O–H groups in total. The molecule has 3 aliphatic rings. The van der Waals surface area contributed by atoms with Crippen molar-refractivity contribution < 1.29 is 28.6 Å². The van der Waals surface area contributed by atoms with Gasteiger partial charge in [-0.1, -0.05) is 12.1 Å². The highest BCUT2D eigenvalue weighted by Crippen LogP contribution is 2.36. The number of ketones is 1. The number of ether oxygens (including phenoxy) is 2. The van der Waals surface area contributed by atoms with Gasteiger partial charge in [-0.25, -0.2) is 9.18 Å². The molecule has 23 heavy (non-hydrogen) atoms. The minimum atomic E-state index is -2.57. The van der Waals surface area contributed by atoms with Crippen molar-refractivity contribution in [3.63, 3.8) is 0 Å². The van der Waals surface area contributed by atoms with Crippen LogP contribution in [0, 0.1) is 0 Å². The predicted octanol–water partition coefficient (Wildman–Crippen LogP) is 1.57. The number of aliphatic carboxylic acids is 1. The number of Topliss-reactive ketones (excluding diaryl/α,β-unsaturated/α-hetero) is 1. The van der Waals surface area contributed by atoms with E-state index in [-0.39, 0.29) is 11.3 Å². The summed E-state index contributed by atoms with van der Waals surface area (Å²) in [6.07, 6.45) is 5.42. The van der Waals surface area contributed by atoms with Gasteiger partial charge in [-0.05, 0) is 31.4 Å². The first-order valence-corrected chi connectivity index (χ1v) is 7.34. The van der Waals surface area contributed by atoms with Crippen molar-refractivity contribution in [2.75, 3.05) is 13.8 Å². The molecule has 4 rings (SSSR count). The average Bonchev–Trinajstić information content (AvgIpc) is 3.19. The van der Waals surface area contributed by atoms with E-state index in [1.165, 1.54) is 44.6 Å². The van der Waals surface area contributed by atoms with Crippen LogP contribution in [0.5, 0.6) is 5.75 Å². The van der Waals surface area contributed by atoms with E-state index in [1.54, 1.807) is 6.07 Å². The maximum Gasteiger partial charge on any atom is 0.334 e. The summed E-state index contributed by atoms with van der Waals surface area (Å²) in [5.41, 5.74) is 2.63. The summed E-state index contributed by atoms with van der Waals surface area (Å²) in [4.78, 5) is 22.7. The zero-order valence-corrected chi connectivity index (χ0v) is 12.8. The highest BCUT2D eigenvalue weighted by molar-refractivity contribution is 6.17. The van der Waals surface area contributed by atoms with Crippen LogP contribution in [-0.4, -0.2) is 48.4 Å². The predicted molar refractivity (Wildman–Crippen MR) is 80.4 cm³/mol. The third-order valence-corrected chi connectivity index (χ3v) is 4.07. The van der Waals surface area contributed by atoms with Crippen LogP contribution in [0.4, 0.5) is 4.39 Å². The molecule has 3 fully saturated rings. The first-order valence-electron chi connectivity index (χ1n) is 7.34. The third-order valence-electron chi connectivity index (χ3n) is 4.07. The lowest BCUT2D eigenvalue weighted by molar-refractivity contribution is -0.141. The normalized spacial score (nSPS) is 23.8. The monoisotopic (exact) mass is 325 g/mol. The van der Waals surface area contributed by atoms with E-state index in [4.69, 9.17) is 20.3 Å². The van der Waals surface area contributed by atoms with Gasteiger partial charge in [-0.3, -0.25) is 4.79 Å². The fourth-order valence-corrected chi connectivity index (χ4v) is 2.59. The summed E-state index contributed by atoms with van der Waals surface area (Å²) in [6.45, 7) is -1.49. The van der Waals surface area contributed by atoms with Gasteiger partial charge in [0.05, 0.1) is 24.9 Å². The van der Waals surface area contributed by atoms with Gasteiger partial charge in [0.1, 0.15) is 12.4 Å². The number of methoxy groups -OCH3 is 1. The highest BCUT2D eigenvalue weighted by Gasteiger charge is 2.44. The summed E-state index contributed by atoms with van der Waals surface area (Å²) in [5, 5.41) is 8.80. The second kappa shape index (κ2) is 7.06. The maximum atomic E-state index is 12.7. The lowest BCUT2D eigenvalue weighted by Gasteiger charge is -2.23. The first kappa shape index (κ1) is 17.4. The molecule has 0 spiro atoms.